The Labute approximate surface area is 100 Å². The molecule has 0 amide bonds. The van der Waals surface area contributed by atoms with Crippen molar-refractivity contribution >= 4 is 15.6 Å². The molecule has 0 saturated carbocycles. The minimum Gasteiger partial charge on any atom is -0.295 e. The minimum atomic E-state index is -3.42. The van der Waals surface area contributed by atoms with Gasteiger partial charge in [-0.2, -0.15) is 0 Å². The van der Waals surface area contributed by atoms with Crippen LogP contribution in [0.5, 0.6) is 0 Å². The molecule has 1 aromatic rings. The number of hydrogen-bond donors (Lipinski definition) is 0. The van der Waals surface area contributed by atoms with Crippen LogP contribution in [0.2, 0.25) is 0 Å². The quantitative estimate of drug-likeness (QED) is 0.821. The van der Waals surface area contributed by atoms with Crippen LogP contribution in [-0.4, -0.2) is 19.5 Å². The molecule has 0 aromatic heterocycles. The highest BCUT2D eigenvalue weighted by molar-refractivity contribution is 7.92. The highest BCUT2D eigenvalue weighted by Gasteiger charge is 2.26. The lowest BCUT2D eigenvalue weighted by Gasteiger charge is -2.07. The lowest BCUT2D eigenvalue weighted by molar-refractivity contribution is -0.113. The molecule has 3 nitrogen and oxygen atoms in total. The molecule has 2 rings (SSSR count). The summed E-state index contributed by atoms with van der Waals surface area (Å²) in [5.74, 6) is -0.119. The van der Waals surface area contributed by atoms with Gasteiger partial charge in [-0.25, -0.2) is 8.42 Å². The summed E-state index contributed by atoms with van der Waals surface area (Å²) in [6.45, 7) is 1.42. The van der Waals surface area contributed by atoms with Crippen LogP contribution in [0.3, 0.4) is 0 Å². The molecule has 0 spiro atoms. The zero-order chi connectivity index (χ0) is 12.5. The Kier molecular flexibility index (Phi) is 2.98. The van der Waals surface area contributed by atoms with Gasteiger partial charge >= 0.3 is 0 Å². The third kappa shape index (κ3) is 2.22. The average molecular weight is 248 g/mol. The van der Waals surface area contributed by atoms with E-state index in [2.05, 4.69) is 0 Å². The van der Waals surface area contributed by atoms with Crippen LogP contribution in [0.4, 0.5) is 0 Å². The fourth-order valence-corrected chi connectivity index (χ4v) is 3.14. The summed E-state index contributed by atoms with van der Waals surface area (Å²) >= 11 is 0. The third-order valence-electron chi connectivity index (χ3n) is 2.65. The second-order valence-electron chi connectivity index (χ2n) is 3.86. The average Bonchev–Trinajstić information content (AvgIpc) is 2.80. The minimum absolute atomic E-state index is 0.119. The molecule has 1 aliphatic carbocycles. The summed E-state index contributed by atoms with van der Waals surface area (Å²) in [5.41, 5.74) is 0.453. The summed E-state index contributed by atoms with van der Waals surface area (Å²) in [6, 6.07) is 8.24. The largest absolute Gasteiger partial charge is 0.295 e. The van der Waals surface area contributed by atoms with E-state index in [1.54, 1.807) is 42.5 Å². The standard InChI is InChI=1S/C13H12O3S/c1-10(14)11-7-8-13(9-11)17(15,16)12-5-3-2-4-6-12/h2-9,13H,1H3. The second kappa shape index (κ2) is 4.30. The molecule has 0 aliphatic heterocycles. The molecule has 0 bridgehead atoms. The summed E-state index contributed by atoms with van der Waals surface area (Å²) in [4.78, 5) is 11.4. The Balaban J connectivity index is 2.38. The van der Waals surface area contributed by atoms with Gasteiger partial charge in [-0.15, -0.1) is 0 Å². The van der Waals surface area contributed by atoms with E-state index in [9.17, 15) is 13.2 Å². The van der Waals surface area contributed by atoms with Crippen molar-refractivity contribution in [1.82, 2.24) is 0 Å². The molecule has 1 aliphatic rings. The number of carbonyl (C=O) groups excluding carboxylic acids is 1. The predicted octanol–water partition coefficient (Wildman–Crippen LogP) is 1.91. The van der Waals surface area contributed by atoms with Crippen LogP contribution < -0.4 is 0 Å². The van der Waals surface area contributed by atoms with Crippen molar-refractivity contribution in [2.45, 2.75) is 17.1 Å². The van der Waals surface area contributed by atoms with E-state index < -0.39 is 15.1 Å². The monoisotopic (exact) mass is 248 g/mol. The molecule has 4 heteroatoms. The number of hydrogen-bond acceptors (Lipinski definition) is 3. The summed E-state index contributed by atoms with van der Waals surface area (Å²) in [5, 5.41) is -0.733. The van der Waals surface area contributed by atoms with Gasteiger partial charge in [-0.1, -0.05) is 36.4 Å². The molecule has 1 aromatic carbocycles. The van der Waals surface area contributed by atoms with Gasteiger partial charge < -0.3 is 0 Å². The van der Waals surface area contributed by atoms with Gasteiger partial charge in [0, 0.05) is 5.57 Å². The number of benzene rings is 1. The lowest BCUT2D eigenvalue weighted by Crippen LogP contribution is -2.15. The first kappa shape index (κ1) is 11.8. The van der Waals surface area contributed by atoms with E-state index in [1.807, 2.05) is 0 Å². The van der Waals surface area contributed by atoms with Crippen molar-refractivity contribution in [2.75, 3.05) is 0 Å². The van der Waals surface area contributed by atoms with Gasteiger partial charge in [0.05, 0.1) is 4.90 Å². The van der Waals surface area contributed by atoms with Gasteiger partial charge in [0.1, 0.15) is 5.25 Å². The summed E-state index contributed by atoms with van der Waals surface area (Å²) in [7, 11) is -3.42. The number of sulfone groups is 1. The molecule has 1 unspecified atom stereocenters. The number of Topliss-reactive ketones (excluding diaryl/α,β-unsaturated/α-hetero) is 1. The van der Waals surface area contributed by atoms with Crippen molar-refractivity contribution in [2.24, 2.45) is 0 Å². The topological polar surface area (TPSA) is 51.2 Å². The SMILES string of the molecule is CC(=O)C1=CC(S(=O)(=O)c2ccccc2)C=C1. The Bertz CT molecular complexity index is 595. The first-order valence-electron chi connectivity index (χ1n) is 5.22. The molecular formula is C13H12O3S. The number of carbonyl (C=O) groups is 1. The molecule has 88 valence electrons. The lowest BCUT2D eigenvalue weighted by atomic mass is 10.2. The normalized spacial score (nSPS) is 19.1. The third-order valence-corrected chi connectivity index (χ3v) is 4.58. The van der Waals surface area contributed by atoms with Gasteiger partial charge in [-0.05, 0) is 19.1 Å². The van der Waals surface area contributed by atoms with E-state index >= 15 is 0 Å². The molecule has 0 radical (unpaired) electrons. The van der Waals surface area contributed by atoms with Crippen molar-refractivity contribution in [3.63, 3.8) is 0 Å². The second-order valence-corrected chi connectivity index (χ2v) is 5.97. The predicted molar refractivity (Wildman–Crippen MR) is 65.3 cm³/mol. The van der Waals surface area contributed by atoms with Gasteiger partial charge in [-0.3, -0.25) is 4.79 Å². The maximum atomic E-state index is 12.2. The van der Waals surface area contributed by atoms with E-state index in [4.69, 9.17) is 0 Å². The van der Waals surface area contributed by atoms with Crippen molar-refractivity contribution in [3.05, 3.63) is 54.1 Å². The first-order chi connectivity index (χ1) is 8.01. The molecule has 0 fully saturated rings. The Morgan fingerprint density at radius 1 is 1.18 bits per heavy atom. The Morgan fingerprint density at radius 3 is 2.35 bits per heavy atom. The molecular weight excluding hydrogens is 236 g/mol. The number of ketones is 1. The molecule has 17 heavy (non-hydrogen) atoms. The number of allylic oxidation sites excluding steroid dienone is 2. The smallest absolute Gasteiger partial charge is 0.188 e. The van der Waals surface area contributed by atoms with Crippen molar-refractivity contribution in [3.8, 4) is 0 Å². The Hall–Kier alpha value is -1.68. The zero-order valence-corrected chi connectivity index (χ0v) is 10.1. The molecule has 1 atom stereocenters. The van der Waals surface area contributed by atoms with Gasteiger partial charge in [0.25, 0.3) is 0 Å². The highest BCUT2D eigenvalue weighted by atomic mass is 32.2. The Morgan fingerprint density at radius 2 is 1.82 bits per heavy atom. The molecule has 0 saturated heterocycles. The maximum absolute atomic E-state index is 12.2. The van der Waals surface area contributed by atoms with Gasteiger partial charge in [0.15, 0.2) is 15.6 Å². The fourth-order valence-electron chi connectivity index (χ4n) is 1.68. The van der Waals surface area contributed by atoms with E-state index in [0.29, 0.717) is 5.57 Å². The van der Waals surface area contributed by atoms with E-state index in [-0.39, 0.29) is 10.7 Å². The van der Waals surface area contributed by atoms with E-state index in [0.717, 1.165) is 0 Å². The van der Waals surface area contributed by atoms with Gasteiger partial charge in [0.2, 0.25) is 0 Å². The van der Waals surface area contributed by atoms with Crippen LogP contribution in [0.15, 0.2) is 59.0 Å². The van der Waals surface area contributed by atoms with Crippen LogP contribution in [0.1, 0.15) is 6.92 Å². The highest BCUT2D eigenvalue weighted by Crippen LogP contribution is 2.23. The zero-order valence-electron chi connectivity index (χ0n) is 9.33. The first-order valence-corrected chi connectivity index (χ1v) is 6.76. The van der Waals surface area contributed by atoms with Crippen LogP contribution in [0.25, 0.3) is 0 Å². The number of rotatable bonds is 3. The summed E-state index contributed by atoms with van der Waals surface area (Å²) in [6.07, 6.45) is 4.59. The molecule has 0 N–H and O–H groups in total. The van der Waals surface area contributed by atoms with Crippen LogP contribution in [-0.2, 0) is 14.6 Å². The fraction of sp³-hybridized carbons (Fsp3) is 0.154. The maximum Gasteiger partial charge on any atom is 0.188 e. The van der Waals surface area contributed by atoms with Crippen LogP contribution in [0, 0.1) is 0 Å². The van der Waals surface area contributed by atoms with E-state index in [1.165, 1.54) is 13.0 Å². The van der Waals surface area contributed by atoms with Crippen molar-refractivity contribution < 1.29 is 13.2 Å². The summed E-state index contributed by atoms with van der Waals surface area (Å²) < 4.78 is 24.4. The van der Waals surface area contributed by atoms with Crippen LogP contribution >= 0.6 is 0 Å². The van der Waals surface area contributed by atoms with Crippen molar-refractivity contribution in [1.29, 1.82) is 0 Å². The molecule has 0 heterocycles.